The average Bonchev–Trinajstić information content (AvgIpc) is 2.34. The van der Waals surface area contributed by atoms with Gasteiger partial charge >= 0.3 is 0 Å². The molecule has 0 bridgehead atoms. The predicted molar refractivity (Wildman–Crippen MR) is 75.0 cm³/mol. The van der Waals surface area contributed by atoms with Gasteiger partial charge in [0.15, 0.2) is 0 Å². The first kappa shape index (κ1) is 14.5. The molecule has 0 aliphatic carbocycles. The van der Waals surface area contributed by atoms with Crippen molar-refractivity contribution in [1.29, 1.82) is 0 Å². The normalized spacial score (nSPS) is 14.6. The van der Waals surface area contributed by atoms with Crippen molar-refractivity contribution in [2.75, 3.05) is 11.5 Å². The fraction of sp³-hybridized carbons (Fsp3) is 0.571. The molecule has 1 N–H and O–H groups in total. The molecule has 0 fully saturated rings. The molecule has 1 aromatic carbocycles. The lowest BCUT2D eigenvalue weighted by Crippen LogP contribution is -2.32. The van der Waals surface area contributed by atoms with Crippen LogP contribution in [0.4, 0.5) is 4.39 Å². The summed E-state index contributed by atoms with van der Waals surface area (Å²) < 4.78 is 13.7. The highest BCUT2D eigenvalue weighted by atomic mass is 32.2. The first-order chi connectivity index (χ1) is 8.19. The summed E-state index contributed by atoms with van der Waals surface area (Å²) in [6, 6.07) is 7.56. The van der Waals surface area contributed by atoms with Gasteiger partial charge in [-0.15, -0.1) is 0 Å². The van der Waals surface area contributed by atoms with Crippen LogP contribution in [0.2, 0.25) is 0 Å². The van der Waals surface area contributed by atoms with E-state index in [1.165, 1.54) is 6.07 Å². The Hall–Kier alpha value is -0.540. The van der Waals surface area contributed by atoms with E-state index in [2.05, 4.69) is 26.1 Å². The topological polar surface area (TPSA) is 12.0 Å². The summed E-state index contributed by atoms with van der Waals surface area (Å²) in [5.41, 5.74) is 0.781. The minimum absolute atomic E-state index is 0.109. The van der Waals surface area contributed by atoms with E-state index in [1.807, 2.05) is 23.9 Å². The number of nitrogens with one attached hydrogen (secondary N) is 1. The van der Waals surface area contributed by atoms with Gasteiger partial charge in [-0.3, -0.25) is 0 Å². The summed E-state index contributed by atoms with van der Waals surface area (Å²) in [6.45, 7) is 6.40. The molecular formula is C14H22FNS. The molecule has 1 aromatic rings. The van der Waals surface area contributed by atoms with Gasteiger partial charge in [0, 0.05) is 23.4 Å². The minimum atomic E-state index is -0.109. The summed E-state index contributed by atoms with van der Waals surface area (Å²) in [4.78, 5) is 0. The van der Waals surface area contributed by atoms with Gasteiger partial charge in [0.05, 0.1) is 0 Å². The standard InChI is InChI=1S/C14H22FNS/c1-4-14(16-11(3)10-17-5-2)12-8-6-7-9-13(12)15/h6-9,11,14,16H,4-5,10H2,1-3H3. The van der Waals surface area contributed by atoms with Gasteiger partial charge in [-0.05, 0) is 25.2 Å². The molecule has 1 nitrogen and oxygen atoms in total. The molecule has 0 spiro atoms. The third-order valence-electron chi connectivity index (χ3n) is 2.75. The van der Waals surface area contributed by atoms with Crippen LogP contribution in [0.1, 0.15) is 38.8 Å². The maximum atomic E-state index is 13.7. The Labute approximate surface area is 108 Å². The first-order valence-corrected chi connectivity index (χ1v) is 7.42. The van der Waals surface area contributed by atoms with Crippen LogP contribution in [0.25, 0.3) is 0 Å². The Morgan fingerprint density at radius 1 is 1.29 bits per heavy atom. The zero-order valence-electron chi connectivity index (χ0n) is 10.9. The maximum absolute atomic E-state index is 13.7. The number of halogens is 1. The van der Waals surface area contributed by atoms with Crippen molar-refractivity contribution in [2.45, 2.75) is 39.3 Å². The van der Waals surface area contributed by atoms with E-state index in [-0.39, 0.29) is 11.9 Å². The minimum Gasteiger partial charge on any atom is -0.307 e. The van der Waals surface area contributed by atoms with Crippen LogP contribution >= 0.6 is 11.8 Å². The quantitative estimate of drug-likeness (QED) is 0.790. The first-order valence-electron chi connectivity index (χ1n) is 6.27. The molecule has 0 amide bonds. The fourth-order valence-corrected chi connectivity index (χ4v) is 2.56. The number of thioether (sulfide) groups is 1. The molecular weight excluding hydrogens is 233 g/mol. The largest absolute Gasteiger partial charge is 0.307 e. The summed E-state index contributed by atoms with van der Waals surface area (Å²) in [6.07, 6.45) is 0.905. The second-order valence-electron chi connectivity index (χ2n) is 4.21. The van der Waals surface area contributed by atoms with Crippen molar-refractivity contribution in [2.24, 2.45) is 0 Å². The lowest BCUT2D eigenvalue weighted by atomic mass is 10.0. The third kappa shape index (κ3) is 4.68. The fourth-order valence-electron chi connectivity index (χ4n) is 1.87. The van der Waals surface area contributed by atoms with Gasteiger partial charge in [-0.25, -0.2) is 4.39 Å². The maximum Gasteiger partial charge on any atom is 0.127 e. The van der Waals surface area contributed by atoms with Gasteiger partial charge in [0.1, 0.15) is 5.82 Å². The monoisotopic (exact) mass is 255 g/mol. The molecule has 0 aliphatic heterocycles. The van der Waals surface area contributed by atoms with Gasteiger partial charge in [-0.1, -0.05) is 32.0 Å². The van der Waals surface area contributed by atoms with E-state index in [0.717, 1.165) is 23.5 Å². The lowest BCUT2D eigenvalue weighted by Gasteiger charge is -2.22. The van der Waals surface area contributed by atoms with Gasteiger partial charge in [-0.2, -0.15) is 11.8 Å². The molecule has 2 atom stereocenters. The lowest BCUT2D eigenvalue weighted by molar-refractivity contribution is 0.451. The Balaban J connectivity index is 2.62. The van der Waals surface area contributed by atoms with Crippen LogP contribution in [0.15, 0.2) is 24.3 Å². The molecule has 0 saturated heterocycles. The van der Waals surface area contributed by atoms with Crippen molar-refractivity contribution < 1.29 is 4.39 Å². The van der Waals surface area contributed by atoms with Crippen molar-refractivity contribution in [3.8, 4) is 0 Å². The molecule has 0 aliphatic rings. The van der Waals surface area contributed by atoms with E-state index in [4.69, 9.17) is 0 Å². The molecule has 0 heterocycles. The second kappa shape index (κ2) is 7.72. The van der Waals surface area contributed by atoms with Crippen molar-refractivity contribution in [3.63, 3.8) is 0 Å². The third-order valence-corrected chi connectivity index (χ3v) is 3.89. The SMILES string of the molecule is CCSCC(C)NC(CC)c1ccccc1F. The zero-order valence-corrected chi connectivity index (χ0v) is 11.7. The van der Waals surface area contributed by atoms with Crippen LogP contribution < -0.4 is 5.32 Å². The highest BCUT2D eigenvalue weighted by molar-refractivity contribution is 7.99. The van der Waals surface area contributed by atoms with Crippen LogP contribution in [0.5, 0.6) is 0 Å². The number of benzene rings is 1. The molecule has 17 heavy (non-hydrogen) atoms. The smallest absolute Gasteiger partial charge is 0.127 e. The number of hydrogen-bond donors (Lipinski definition) is 1. The summed E-state index contributed by atoms with van der Waals surface area (Å²) in [5, 5.41) is 3.50. The predicted octanol–water partition coefficient (Wildman–Crippen LogP) is 4.01. The average molecular weight is 255 g/mol. The number of hydrogen-bond acceptors (Lipinski definition) is 2. The Kier molecular flexibility index (Phi) is 6.60. The van der Waals surface area contributed by atoms with E-state index in [0.29, 0.717) is 6.04 Å². The highest BCUT2D eigenvalue weighted by Gasteiger charge is 2.15. The Bertz CT molecular complexity index is 330. The molecule has 0 radical (unpaired) electrons. The Morgan fingerprint density at radius 2 is 2.00 bits per heavy atom. The highest BCUT2D eigenvalue weighted by Crippen LogP contribution is 2.20. The Morgan fingerprint density at radius 3 is 2.59 bits per heavy atom. The van der Waals surface area contributed by atoms with Crippen molar-refractivity contribution >= 4 is 11.8 Å². The molecule has 1 rings (SSSR count). The van der Waals surface area contributed by atoms with Gasteiger partial charge in [0.2, 0.25) is 0 Å². The molecule has 3 heteroatoms. The van der Waals surface area contributed by atoms with E-state index in [9.17, 15) is 4.39 Å². The molecule has 96 valence electrons. The molecule has 0 aromatic heterocycles. The van der Waals surface area contributed by atoms with Gasteiger partial charge in [0.25, 0.3) is 0 Å². The molecule has 0 saturated carbocycles. The van der Waals surface area contributed by atoms with E-state index >= 15 is 0 Å². The van der Waals surface area contributed by atoms with Crippen molar-refractivity contribution in [1.82, 2.24) is 5.32 Å². The number of rotatable bonds is 7. The van der Waals surface area contributed by atoms with E-state index in [1.54, 1.807) is 6.07 Å². The zero-order chi connectivity index (χ0) is 12.7. The summed E-state index contributed by atoms with van der Waals surface area (Å²) in [5.74, 6) is 2.09. The van der Waals surface area contributed by atoms with Gasteiger partial charge < -0.3 is 5.32 Å². The summed E-state index contributed by atoms with van der Waals surface area (Å²) >= 11 is 1.91. The second-order valence-corrected chi connectivity index (χ2v) is 5.53. The van der Waals surface area contributed by atoms with Crippen LogP contribution in [-0.2, 0) is 0 Å². The van der Waals surface area contributed by atoms with Crippen LogP contribution in [0.3, 0.4) is 0 Å². The molecule has 2 unspecified atom stereocenters. The van der Waals surface area contributed by atoms with Crippen LogP contribution in [-0.4, -0.2) is 17.5 Å². The summed E-state index contributed by atoms with van der Waals surface area (Å²) in [7, 11) is 0. The van der Waals surface area contributed by atoms with E-state index < -0.39 is 0 Å². The van der Waals surface area contributed by atoms with Crippen LogP contribution in [0, 0.1) is 5.82 Å². The van der Waals surface area contributed by atoms with Crippen molar-refractivity contribution in [3.05, 3.63) is 35.6 Å².